The summed E-state index contributed by atoms with van der Waals surface area (Å²) in [5.74, 6) is 0.0285. The molecule has 2 amide bonds. The smallest absolute Gasteiger partial charge is 0.249 e. The molecule has 0 unspecified atom stereocenters. The zero-order valence-electron chi connectivity index (χ0n) is 15.9. The van der Waals surface area contributed by atoms with Crippen LogP contribution in [0, 0.1) is 12.7 Å². The third kappa shape index (κ3) is 3.56. The first kappa shape index (κ1) is 18.7. The van der Waals surface area contributed by atoms with Crippen molar-refractivity contribution in [2.45, 2.75) is 19.4 Å². The molecule has 3 aromatic rings. The molecule has 8 heteroatoms. The molecule has 1 aromatic heterocycles. The van der Waals surface area contributed by atoms with Crippen LogP contribution in [0.25, 0.3) is 11.3 Å². The standard InChI is InChI=1S/C21H19FN4O3/c1-12-19(13-6-8-16(29-2)9-7-13)25-26-17(11-18(27)24-20(12)26)21(28)23-15-5-3-4-14(22)10-15/h3-10,17H,11H2,1-2H3,(H,23,28)(H,24,27)/t17-/m1/s1. The van der Waals surface area contributed by atoms with Crippen molar-refractivity contribution in [3.63, 3.8) is 0 Å². The molecule has 1 aliphatic heterocycles. The number of carbonyl (C=O) groups excluding carboxylic acids is 2. The second-order valence-corrected chi connectivity index (χ2v) is 6.76. The highest BCUT2D eigenvalue weighted by Gasteiger charge is 2.34. The topological polar surface area (TPSA) is 85.2 Å². The van der Waals surface area contributed by atoms with Gasteiger partial charge < -0.3 is 15.4 Å². The molecular weight excluding hydrogens is 375 g/mol. The molecule has 2 N–H and O–H groups in total. The lowest BCUT2D eigenvalue weighted by molar-refractivity contribution is -0.125. The van der Waals surface area contributed by atoms with Gasteiger partial charge in [0.05, 0.1) is 19.2 Å². The summed E-state index contributed by atoms with van der Waals surface area (Å²) in [5, 5.41) is 10.1. The number of rotatable bonds is 4. The molecule has 0 saturated carbocycles. The van der Waals surface area contributed by atoms with Crippen molar-refractivity contribution < 1.29 is 18.7 Å². The number of ether oxygens (including phenoxy) is 1. The summed E-state index contributed by atoms with van der Waals surface area (Å²) >= 11 is 0. The van der Waals surface area contributed by atoms with Crippen molar-refractivity contribution in [1.82, 2.24) is 9.78 Å². The van der Waals surface area contributed by atoms with E-state index in [0.29, 0.717) is 17.2 Å². The molecule has 29 heavy (non-hydrogen) atoms. The molecule has 0 spiro atoms. The van der Waals surface area contributed by atoms with Gasteiger partial charge in [-0.3, -0.25) is 9.59 Å². The second-order valence-electron chi connectivity index (χ2n) is 6.76. The van der Waals surface area contributed by atoms with E-state index in [1.54, 1.807) is 13.2 Å². The predicted octanol–water partition coefficient (Wildman–Crippen LogP) is 3.53. The Morgan fingerprint density at radius 1 is 1.28 bits per heavy atom. The quantitative estimate of drug-likeness (QED) is 0.709. The number of benzene rings is 2. The number of fused-ring (bicyclic) bond motifs is 1. The Morgan fingerprint density at radius 2 is 2.03 bits per heavy atom. The van der Waals surface area contributed by atoms with Gasteiger partial charge in [0.25, 0.3) is 0 Å². The minimum atomic E-state index is -0.840. The molecule has 4 rings (SSSR count). The Morgan fingerprint density at radius 3 is 2.72 bits per heavy atom. The lowest BCUT2D eigenvalue weighted by Gasteiger charge is -2.24. The maximum atomic E-state index is 13.4. The normalized spacial score (nSPS) is 15.4. The van der Waals surface area contributed by atoms with Crippen LogP contribution in [0.1, 0.15) is 18.0 Å². The van der Waals surface area contributed by atoms with E-state index < -0.39 is 17.8 Å². The van der Waals surface area contributed by atoms with E-state index in [4.69, 9.17) is 4.74 Å². The Hall–Kier alpha value is -3.68. The van der Waals surface area contributed by atoms with Crippen LogP contribution in [-0.2, 0) is 9.59 Å². The Balaban J connectivity index is 1.68. The van der Waals surface area contributed by atoms with Gasteiger partial charge in [-0.15, -0.1) is 0 Å². The van der Waals surface area contributed by atoms with Crippen molar-refractivity contribution >= 4 is 23.3 Å². The lowest BCUT2D eigenvalue weighted by Crippen LogP contribution is -2.35. The molecule has 2 aromatic carbocycles. The number of methoxy groups -OCH3 is 1. The SMILES string of the molecule is COc1ccc(-c2nn3c(c2C)NC(=O)C[C@@H]3C(=O)Nc2cccc(F)c2)cc1. The van der Waals surface area contributed by atoms with E-state index in [0.717, 1.165) is 16.9 Å². The summed E-state index contributed by atoms with van der Waals surface area (Å²) in [5.41, 5.74) is 2.57. The van der Waals surface area contributed by atoms with Crippen LogP contribution in [0.5, 0.6) is 5.75 Å². The summed E-state index contributed by atoms with van der Waals surface area (Å²) in [6, 6.07) is 12.1. The molecule has 148 valence electrons. The Kier molecular flexibility index (Phi) is 4.75. The number of carbonyl (C=O) groups is 2. The summed E-state index contributed by atoms with van der Waals surface area (Å²) < 4.78 is 20.1. The molecule has 0 saturated heterocycles. The molecule has 1 atom stereocenters. The van der Waals surface area contributed by atoms with Crippen LogP contribution >= 0.6 is 0 Å². The highest BCUT2D eigenvalue weighted by Crippen LogP contribution is 2.35. The van der Waals surface area contributed by atoms with Gasteiger partial charge in [-0.2, -0.15) is 5.10 Å². The van der Waals surface area contributed by atoms with Gasteiger partial charge in [0.2, 0.25) is 11.8 Å². The summed E-state index contributed by atoms with van der Waals surface area (Å²) in [6.45, 7) is 1.84. The van der Waals surface area contributed by atoms with E-state index in [2.05, 4.69) is 15.7 Å². The first-order valence-electron chi connectivity index (χ1n) is 9.06. The van der Waals surface area contributed by atoms with Crippen molar-refractivity contribution in [2.75, 3.05) is 17.7 Å². The van der Waals surface area contributed by atoms with Gasteiger partial charge in [0.1, 0.15) is 23.4 Å². The highest BCUT2D eigenvalue weighted by molar-refractivity contribution is 6.02. The van der Waals surface area contributed by atoms with Crippen LogP contribution in [0.2, 0.25) is 0 Å². The summed E-state index contributed by atoms with van der Waals surface area (Å²) in [6.07, 6.45) is -0.0582. The van der Waals surface area contributed by atoms with Gasteiger partial charge >= 0.3 is 0 Å². The van der Waals surface area contributed by atoms with Crippen LogP contribution < -0.4 is 15.4 Å². The van der Waals surface area contributed by atoms with Crippen molar-refractivity contribution in [3.8, 4) is 17.0 Å². The van der Waals surface area contributed by atoms with E-state index >= 15 is 0 Å². The zero-order valence-corrected chi connectivity index (χ0v) is 15.9. The number of amides is 2. The summed E-state index contributed by atoms with van der Waals surface area (Å²) in [4.78, 5) is 25.1. The third-order valence-corrected chi connectivity index (χ3v) is 4.84. The fourth-order valence-corrected chi connectivity index (χ4v) is 3.36. The first-order chi connectivity index (χ1) is 14.0. The van der Waals surface area contributed by atoms with Crippen molar-refractivity contribution in [1.29, 1.82) is 0 Å². The van der Waals surface area contributed by atoms with E-state index in [9.17, 15) is 14.0 Å². The van der Waals surface area contributed by atoms with Gasteiger partial charge in [-0.1, -0.05) is 6.07 Å². The van der Waals surface area contributed by atoms with Gasteiger partial charge in [-0.25, -0.2) is 9.07 Å². The minimum absolute atomic E-state index is 0.0582. The number of hydrogen-bond acceptors (Lipinski definition) is 4. The Bertz CT molecular complexity index is 1090. The number of nitrogens with zero attached hydrogens (tertiary/aromatic N) is 2. The maximum Gasteiger partial charge on any atom is 0.249 e. The molecule has 0 bridgehead atoms. The molecule has 0 aliphatic carbocycles. The van der Waals surface area contributed by atoms with Gasteiger partial charge in [0.15, 0.2) is 0 Å². The fraction of sp³-hybridized carbons (Fsp3) is 0.190. The highest BCUT2D eigenvalue weighted by atomic mass is 19.1. The van der Waals surface area contributed by atoms with E-state index in [1.165, 1.54) is 22.9 Å². The van der Waals surface area contributed by atoms with Crippen molar-refractivity contribution in [3.05, 3.63) is 59.9 Å². The van der Waals surface area contributed by atoms with Crippen LogP contribution in [0.4, 0.5) is 15.9 Å². The minimum Gasteiger partial charge on any atom is -0.497 e. The zero-order chi connectivity index (χ0) is 20.5. The molecule has 1 aliphatic rings. The van der Waals surface area contributed by atoms with Gasteiger partial charge in [0, 0.05) is 16.8 Å². The maximum absolute atomic E-state index is 13.4. The molecule has 2 heterocycles. The number of aromatic nitrogens is 2. The second kappa shape index (κ2) is 7.38. The van der Waals surface area contributed by atoms with Crippen LogP contribution in [0.3, 0.4) is 0 Å². The van der Waals surface area contributed by atoms with E-state index in [-0.39, 0.29) is 12.3 Å². The average Bonchev–Trinajstić information content (AvgIpc) is 3.04. The lowest BCUT2D eigenvalue weighted by atomic mass is 10.1. The monoisotopic (exact) mass is 394 g/mol. The number of halogens is 1. The molecule has 0 fully saturated rings. The Labute approximate surface area is 166 Å². The predicted molar refractivity (Wildman–Crippen MR) is 106 cm³/mol. The van der Waals surface area contributed by atoms with Gasteiger partial charge in [-0.05, 0) is 49.4 Å². The first-order valence-corrected chi connectivity index (χ1v) is 9.06. The number of anilines is 2. The number of hydrogen-bond donors (Lipinski definition) is 2. The summed E-state index contributed by atoms with van der Waals surface area (Å²) in [7, 11) is 1.59. The van der Waals surface area contributed by atoms with Crippen molar-refractivity contribution in [2.24, 2.45) is 0 Å². The molecule has 7 nitrogen and oxygen atoms in total. The largest absolute Gasteiger partial charge is 0.497 e. The average molecular weight is 394 g/mol. The molecule has 0 radical (unpaired) electrons. The van der Waals surface area contributed by atoms with Crippen LogP contribution in [0.15, 0.2) is 48.5 Å². The third-order valence-electron chi connectivity index (χ3n) is 4.84. The molecular formula is C21H19FN4O3. The fourth-order valence-electron chi connectivity index (χ4n) is 3.36. The van der Waals surface area contributed by atoms with Crippen LogP contribution in [-0.4, -0.2) is 28.7 Å². The number of nitrogens with one attached hydrogen (secondary N) is 2. The van der Waals surface area contributed by atoms with E-state index in [1.807, 2.05) is 31.2 Å².